The van der Waals surface area contributed by atoms with Crippen LogP contribution >= 0.6 is 0 Å². The fourth-order valence-corrected chi connectivity index (χ4v) is 5.62. The molecule has 1 amide bonds. The fraction of sp³-hybridized carbons (Fsp3) is 0.387. The third-order valence-corrected chi connectivity index (χ3v) is 7.35. The van der Waals surface area contributed by atoms with E-state index < -0.39 is 11.7 Å². The molecule has 8 heteroatoms. The van der Waals surface area contributed by atoms with E-state index in [1.165, 1.54) is 12.1 Å². The van der Waals surface area contributed by atoms with Gasteiger partial charge < -0.3 is 14.4 Å². The molecular weight excluding hydrogens is 505 g/mol. The normalized spacial score (nSPS) is 19.0. The second-order valence-electron chi connectivity index (χ2n) is 10.8. The van der Waals surface area contributed by atoms with Crippen LogP contribution in [0.1, 0.15) is 46.8 Å². The van der Waals surface area contributed by atoms with Gasteiger partial charge in [-0.2, -0.15) is 13.2 Å². The van der Waals surface area contributed by atoms with E-state index in [1.807, 2.05) is 41.3 Å². The van der Waals surface area contributed by atoms with Crippen molar-refractivity contribution in [2.24, 2.45) is 11.8 Å². The molecule has 0 unspecified atom stereocenters. The van der Waals surface area contributed by atoms with Gasteiger partial charge in [0.05, 0.1) is 5.56 Å². The first-order valence-corrected chi connectivity index (χ1v) is 13.3. The molecule has 5 nitrogen and oxygen atoms in total. The molecular formula is C31H33F3N2O3. The van der Waals surface area contributed by atoms with E-state index in [-0.39, 0.29) is 30.5 Å². The number of rotatable bonds is 8. The Kier molecular flexibility index (Phi) is 7.84. The molecule has 2 aliphatic rings. The summed E-state index contributed by atoms with van der Waals surface area (Å²) in [5.41, 5.74) is 1.66. The van der Waals surface area contributed by atoms with Gasteiger partial charge in [0.15, 0.2) is 11.5 Å². The molecule has 1 saturated heterocycles. The lowest BCUT2D eigenvalue weighted by atomic mass is 9.87. The first-order chi connectivity index (χ1) is 18.7. The van der Waals surface area contributed by atoms with Crippen molar-refractivity contribution in [2.75, 3.05) is 33.0 Å². The smallest absolute Gasteiger partial charge is 0.416 e. The second kappa shape index (κ2) is 11.3. The highest BCUT2D eigenvalue weighted by Gasteiger charge is 2.38. The maximum absolute atomic E-state index is 13.6. The molecule has 0 spiro atoms. The van der Waals surface area contributed by atoms with Gasteiger partial charge in [-0.1, -0.05) is 56.3 Å². The zero-order chi connectivity index (χ0) is 27.6. The molecule has 39 heavy (non-hydrogen) atoms. The van der Waals surface area contributed by atoms with E-state index in [1.54, 1.807) is 18.2 Å². The predicted octanol–water partition coefficient (Wildman–Crippen LogP) is 6.45. The molecule has 3 aromatic carbocycles. The molecule has 3 aromatic rings. The summed E-state index contributed by atoms with van der Waals surface area (Å²) in [7, 11) is 0. The van der Waals surface area contributed by atoms with E-state index in [2.05, 4.69) is 18.7 Å². The SMILES string of the molecule is CC(C)CN(C[C@H]1CN(Cc2ccc3c(c2)OCO3)C[C@H]1c1cccc(C(F)(F)F)c1)C(=O)c1ccccc1. The van der Waals surface area contributed by atoms with Gasteiger partial charge in [-0.05, 0) is 53.3 Å². The fourth-order valence-electron chi connectivity index (χ4n) is 5.62. The lowest BCUT2D eigenvalue weighted by molar-refractivity contribution is -0.137. The van der Waals surface area contributed by atoms with Crippen molar-refractivity contribution < 1.29 is 27.4 Å². The number of fused-ring (bicyclic) bond motifs is 1. The van der Waals surface area contributed by atoms with E-state index in [0.29, 0.717) is 55.3 Å². The van der Waals surface area contributed by atoms with Gasteiger partial charge in [-0.3, -0.25) is 9.69 Å². The number of alkyl halides is 3. The summed E-state index contributed by atoms with van der Waals surface area (Å²) in [4.78, 5) is 17.6. The maximum Gasteiger partial charge on any atom is 0.416 e. The number of halogens is 3. The molecule has 206 valence electrons. The lowest BCUT2D eigenvalue weighted by Gasteiger charge is -2.30. The highest BCUT2D eigenvalue weighted by atomic mass is 19.4. The number of ether oxygens (including phenoxy) is 2. The number of carbonyl (C=O) groups is 1. The quantitative estimate of drug-likeness (QED) is 0.331. The van der Waals surface area contributed by atoms with E-state index in [0.717, 1.165) is 11.6 Å². The second-order valence-corrected chi connectivity index (χ2v) is 10.8. The zero-order valence-corrected chi connectivity index (χ0v) is 22.2. The Morgan fingerprint density at radius 1 is 0.974 bits per heavy atom. The van der Waals surface area contributed by atoms with Gasteiger partial charge in [-0.25, -0.2) is 0 Å². The molecule has 0 aromatic heterocycles. The Morgan fingerprint density at radius 3 is 2.49 bits per heavy atom. The van der Waals surface area contributed by atoms with Crippen LogP contribution in [-0.2, 0) is 12.7 Å². The van der Waals surface area contributed by atoms with Crippen LogP contribution in [0.4, 0.5) is 13.2 Å². The summed E-state index contributed by atoms with van der Waals surface area (Å²) in [5, 5.41) is 0. The minimum absolute atomic E-state index is 0.0334. The molecule has 0 aliphatic carbocycles. The standard InChI is InChI=1S/C31H33F3N2O3/c1-21(2)15-36(30(37)23-7-4-3-5-8-23)18-25-17-35(16-22-11-12-28-29(13-22)39-20-38-28)19-27(25)24-9-6-10-26(14-24)31(32,33)34/h3-14,21,25,27H,15-20H2,1-2H3/t25-,27+/m1/s1. The summed E-state index contributed by atoms with van der Waals surface area (Å²) < 4.78 is 51.7. The first kappa shape index (κ1) is 27.1. The maximum atomic E-state index is 13.6. The number of benzene rings is 3. The van der Waals surface area contributed by atoms with Crippen molar-refractivity contribution >= 4 is 5.91 Å². The minimum atomic E-state index is -4.41. The molecule has 0 saturated carbocycles. The number of hydrogen-bond acceptors (Lipinski definition) is 4. The average molecular weight is 539 g/mol. The number of likely N-dealkylation sites (tertiary alicyclic amines) is 1. The number of amides is 1. The summed E-state index contributed by atoms with van der Waals surface area (Å²) in [6.07, 6.45) is -4.41. The number of nitrogens with zero attached hydrogens (tertiary/aromatic N) is 2. The minimum Gasteiger partial charge on any atom is -0.454 e. The Bertz CT molecular complexity index is 1300. The van der Waals surface area contributed by atoms with Crippen LogP contribution in [0, 0.1) is 11.8 Å². The van der Waals surface area contributed by atoms with Crippen molar-refractivity contribution in [3.8, 4) is 11.5 Å². The largest absolute Gasteiger partial charge is 0.454 e. The van der Waals surface area contributed by atoms with Crippen LogP contribution < -0.4 is 9.47 Å². The topological polar surface area (TPSA) is 42.0 Å². The van der Waals surface area contributed by atoms with Gasteiger partial charge in [0.25, 0.3) is 5.91 Å². The Labute approximate surface area is 227 Å². The summed E-state index contributed by atoms with van der Waals surface area (Å²) in [6.45, 7) is 7.24. The van der Waals surface area contributed by atoms with Gasteiger partial charge in [0.2, 0.25) is 6.79 Å². The van der Waals surface area contributed by atoms with Crippen molar-refractivity contribution in [2.45, 2.75) is 32.5 Å². The monoisotopic (exact) mass is 538 g/mol. The van der Waals surface area contributed by atoms with E-state index >= 15 is 0 Å². The van der Waals surface area contributed by atoms with Crippen LogP contribution in [0.15, 0.2) is 72.8 Å². The third kappa shape index (κ3) is 6.38. The predicted molar refractivity (Wildman–Crippen MR) is 143 cm³/mol. The van der Waals surface area contributed by atoms with E-state index in [4.69, 9.17) is 9.47 Å². The molecule has 0 radical (unpaired) electrons. The summed E-state index contributed by atoms with van der Waals surface area (Å²) in [6, 6.07) is 20.7. The van der Waals surface area contributed by atoms with Gasteiger partial charge in [0, 0.05) is 44.2 Å². The summed E-state index contributed by atoms with van der Waals surface area (Å²) in [5.74, 6) is 1.42. The van der Waals surface area contributed by atoms with Crippen LogP contribution in [0.2, 0.25) is 0 Å². The van der Waals surface area contributed by atoms with Gasteiger partial charge >= 0.3 is 6.18 Å². The first-order valence-electron chi connectivity index (χ1n) is 13.3. The molecule has 5 rings (SSSR count). The third-order valence-electron chi connectivity index (χ3n) is 7.35. The highest BCUT2D eigenvalue weighted by Crippen LogP contribution is 2.39. The molecule has 2 aliphatic heterocycles. The number of carbonyl (C=O) groups excluding carboxylic acids is 1. The van der Waals surface area contributed by atoms with Crippen molar-refractivity contribution in [1.82, 2.24) is 9.80 Å². The highest BCUT2D eigenvalue weighted by molar-refractivity contribution is 5.94. The number of hydrogen-bond donors (Lipinski definition) is 0. The van der Waals surface area contributed by atoms with E-state index in [9.17, 15) is 18.0 Å². The van der Waals surface area contributed by atoms with Crippen LogP contribution in [0.3, 0.4) is 0 Å². The van der Waals surface area contributed by atoms with Crippen molar-refractivity contribution in [1.29, 1.82) is 0 Å². The molecule has 0 N–H and O–H groups in total. The van der Waals surface area contributed by atoms with Gasteiger partial charge in [-0.15, -0.1) is 0 Å². The van der Waals surface area contributed by atoms with Crippen molar-refractivity contribution in [3.05, 3.63) is 95.1 Å². The molecule has 1 fully saturated rings. The Hall–Kier alpha value is -3.52. The lowest BCUT2D eigenvalue weighted by Crippen LogP contribution is -2.39. The molecule has 0 bridgehead atoms. The summed E-state index contributed by atoms with van der Waals surface area (Å²) >= 11 is 0. The van der Waals surface area contributed by atoms with Gasteiger partial charge in [0.1, 0.15) is 0 Å². The van der Waals surface area contributed by atoms with Crippen LogP contribution in [0.25, 0.3) is 0 Å². The Morgan fingerprint density at radius 2 is 1.74 bits per heavy atom. The van der Waals surface area contributed by atoms with Crippen molar-refractivity contribution in [3.63, 3.8) is 0 Å². The Balaban J connectivity index is 1.42. The molecule has 2 atom stereocenters. The zero-order valence-electron chi connectivity index (χ0n) is 22.2. The van der Waals surface area contributed by atoms with Crippen LogP contribution in [-0.4, -0.2) is 48.7 Å². The molecule has 2 heterocycles. The average Bonchev–Trinajstić information content (AvgIpc) is 3.54. The van der Waals surface area contributed by atoms with Crippen LogP contribution in [0.5, 0.6) is 11.5 Å².